The van der Waals surface area contributed by atoms with Crippen LogP contribution in [-0.4, -0.2) is 32.9 Å². The van der Waals surface area contributed by atoms with Gasteiger partial charge in [0.25, 0.3) is 0 Å². The van der Waals surface area contributed by atoms with E-state index in [1.807, 2.05) is 19.2 Å². The standard InChI is InChI=1S/C20H24BN3O2/c1-14-23-18-17(24(14)13-15-9-7-6-8-10-15)11-16(12-22-18)21-25-19(2,3)20(4,5)26-21/h6-12H,13H2,1-5H3. The van der Waals surface area contributed by atoms with Gasteiger partial charge in [0.2, 0.25) is 0 Å². The van der Waals surface area contributed by atoms with E-state index in [-0.39, 0.29) is 11.2 Å². The molecule has 6 heteroatoms. The summed E-state index contributed by atoms with van der Waals surface area (Å²) in [5.74, 6) is 0.947. The summed E-state index contributed by atoms with van der Waals surface area (Å²) in [5, 5.41) is 0. The van der Waals surface area contributed by atoms with Crippen LogP contribution in [0, 0.1) is 6.92 Å². The number of benzene rings is 1. The summed E-state index contributed by atoms with van der Waals surface area (Å²) < 4.78 is 14.5. The normalized spacial score (nSPS) is 18.6. The van der Waals surface area contributed by atoms with Gasteiger partial charge in [-0.15, -0.1) is 0 Å². The minimum Gasteiger partial charge on any atom is -0.399 e. The van der Waals surface area contributed by atoms with Crippen LogP contribution in [-0.2, 0) is 15.9 Å². The molecule has 4 rings (SSSR count). The third-order valence-corrected chi connectivity index (χ3v) is 5.53. The van der Waals surface area contributed by atoms with Gasteiger partial charge in [0, 0.05) is 18.2 Å². The predicted octanol–water partition coefficient (Wildman–Crippen LogP) is 3.09. The summed E-state index contributed by atoms with van der Waals surface area (Å²) in [5.41, 5.74) is 3.16. The Bertz CT molecular complexity index is 934. The first-order valence-corrected chi connectivity index (χ1v) is 8.99. The van der Waals surface area contributed by atoms with Crippen LogP contribution in [0.3, 0.4) is 0 Å². The first-order chi connectivity index (χ1) is 12.3. The first kappa shape index (κ1) is 17.2. The molecular weight excluding hydrogens is 325 g/mol. The Morgan fingerprint density at radius 3 is 2.35 bits per heavy atom. The van der Waals surface area contributed by atoms with Crippen LogP contribution in [0.5, 0.6) is 0 Å². The molecule has 134 valence electrons. The fourth-order valence-corrected chi connectivity index (χ4v) is 3.21. The lowest BCUT2D eigenvalue weighted by Crippen LogP contribution is -2.41. The summed E-state index contributed by atoms with van der Waals surface area (Å²) in [7, 11) is -0.419. The van der Waals surface area contributed by atoms with Gasteiger partial charge in [0.1, 0.15) is 5.82 Å². The largest absolute Gasteiger partial charge is 0.496 e. The Kier molecular flexibility index (Phi) is 3.93. The van der Waals surface area contributed by atoms with E-state index in [9.17, 15) is 0 Å². The quantitative estimate of drug-likeness (QED) is 0.682. The highest BCUT2D eigenvalue weighted by Crippen LogP contribution is 2.36. The smallest absolute Gasteiger partial charge is 0.399 e. The second kappa shape index (κ2) is 5.93. The van der Waals surface area contributed by atoms with E-state index in [1.54, 1.807) is 0 Å². The summed E-state index contributed by atoms with van der Waals surface area (Å²) >= 11 is 0. The summed E-state index contributed by atoms with van der Waals surface area (Å²) in [4.78, 5) is 9.16. The molecule has 0 bridgehead atoms. The molecular formula is C20H24BN3O2. The van der Waals surface area contributed by atoms with Crippen LogP contribution < -0.4 is 5.46 Å². The number of fused-ring (bicyclic) bond motifs is 1. The van der Waals surface area contributed by atoms with Gasteiger partial charge in [-0.1, -0.05) is 30.3 Å². The van der Waals surface area contributed by atoms with E-state index in [0.717, 1.165) is 29.0 Å². The SMILES string of the molecule is Cc1nc2ncc(B3OC(C)(C)C(C)(C)O3)cc2n1Cc1ccccc1. The van der Waals surface area contributed by atoms with E-state index in [0.29, 0.717) is 0 Å². The lowest BCUT2D eigenvalue weighted by molar-refractivity contribution is 0.00578. The topological polar surface area (TPSA) is 49.2 Å². The molecule has 1 aromatic carbocycles. The van der Waals surface area contributed by atoms with Crippen molar-refractivity contribution < 1.29 is 9.31 Å². The van der Waals surface area contributed by atoms with Crippen molar-refractivity contribution in [2.75, 3.05) is 0 Å². The maximum absolute atomic E-state index is 6.17. The van der Waals surface area contributed by atoms with Gasteiger partial charge in [-0.05, 0) is 46.2 Å². The summed E-state index contributed by atoms with van der Waals surface area (Å²) in [6, 6.07) is 12.5. The number of hydrogen-bond donors (Lipinski definition) is 0. The van der Waals surface area contributed by atoms with Crippen LogP contribution in [0.4, 0.5) is 0 Å². The molecule has 0 spiro atoms. The molecule has 3 heterocycles. The van der Waals surface area contributed by atoms with Crippen molar-refractivity contribution in [3.05, 3.63) is 54.0 Å². The lowest BCUT2D eigenvalue weighted by Gasteiger charge is -2.32. The van der Waals surface area contributed by atoms with Crippen LogP contribution >= 0.6 is 0 Å². The molecule has 0 unspecified atom stereocenters. The van der Waals surface area contributed by atoms with E-state index in [2.05, 4.69) is 72.6 Å². The van der Waals surface area contributed by atoms with Crippen LogP contribution in [0.25, 0.3) is 11.2 Å². The Hall–Kier alpha value is -2.18. The van der Waals surface area contributed by atoms with Crippen molar-refractivity contribution >= 4 is 23.7 Å². The molecule has 0 atom stereocenters. The Morgan fingerprint density at radius 2 is 1.69 bits per heavy atom. The highest BCUT2D eigenvalue weighted by Gasteiger charge is 2.51. The Morgan fingerprint density at radius 1 is 1.04 bits per heavy atom. The first-order valence-electron chi connectivity index (χ1n) is 8.99. The number of rotatable bonds is 3. The molecule has 0 aliphatic carbocycles. The molecule has 0 amide bonds. The van der Waals surface area contributed by atoms with Gasteiger partial charge in [-0.2, -0.15) is 0 Å². The van der Waals surface area contributed by atoms with Crippen molar-refractivity contribution in [2.45, 2.75) is 52.4 Å². The summed E-state index contributed by atoms with van der Waals surface area (Å²) in [6.07, 6.45) is 1.81. The number of aryl methyl sites for hydroxylation is 1. The van der Waals surface area contributed by atoms with Crippen molar-refractivity contribution in [1.82, 2.24) is 14.5 Å². The van der Waals surface area contributed by atoms with Crippen molar-refractivity contribution in [3.8, 4) is 0 Å². The molecule has 1 fully saturated rings. The average Bonchev–Trinajstić information content (AvgIpc) is 3.01. The van der Waals surface area contributed by atoms with Gasteiger partial charge in [-0.3, -0.25) is 0 Å². The third kappa shape index (κ3) is 2.83. The van der Waals surface area contributed by atoms with Gasteiger partial charge >= 0.3 is 7.12 Å². The minimum absolute atomic E-state index is 0.368. The van der Waals surface area contributed by atoms with Gasteiger partial charge in [0.05, 0.1) is 16.7 Å². The number of aromatic nitrogens is 3. The van der Waals surface area contributed by atoms with E-state index in [1.165, 1.54) is 5.56 Å². The second-order valence-electron chi connectivity index (χ2n) is 7.93. The molecule has 0 radical (unpaired) electrons. The average molecular weight is 349 g/mol. The number of pyridine rings is 1. The fourth-order valence-electron chi connectivity index (χ4n) is 3.21. The van der Waals surface area contributed by atoms with Crippen molar-refractivity contribution in [1.29, 1.82) is 0 Å². The van der Waals surface area contributed by atoms with E-state index in [4.69, 9.17) is 9.31 Å². The highest BCUT2D eigenvalue weighted by molar-refractivity contribution is 6.62. The van der Waals surface area contributed by atoms with E-state index < -0.39 is 7.12 Å². The Balaban J connectivity index is 1.72. The molecule has 0 N–H and O–H groups in total. The van der Waals surface area contributed by atoms with Crippen LogP contribution in [0.1, 0.15) is 39.1 Å². The molecule has 1 aliphatic heterocycles. The van der Waals surface area contributed by atoms with Gasteiger partial charge in [0.15, 0.2) is 5.65 Å². The van der Waals surface area contributed by atoms with Crippen molar-refractivity contribution in [3.63, 3.8) is 0 Å². The number of hydrogen-bond acceptors (Lipinski definition) is 4. The minimum atomic E-state index is -0.419. The van der Waals surface area contributed by atoms with Gasteiger partial charge in [-0.25, -0.2) is 9.97 Å². The molecule has 3 aromatic rings. The Labute approximate surface area is 154 Å². The molecule has 26 heavy (non-hydrogen) atoms. The maximum atomic E-state index is 6.17. The fraction of sp³-hybridized carbons (Fsp3) is 0.400. The van der Waals surface area contributed by atoms with Crippen LogP contribution in [0.15, 0.2) is 42.6 Å². The zero-order valence-corrected chi connectivity index (χ0v) is 16.0. The number of nitrogens with zero attached hydrogens (tertiary/aromatic N) is 3. The molecule has 1 saturated heterocycles. The van der Waals surface area contributed by atoms with Crippen LogP contribution in [0.2, 0.25) is 0 Å². The van der Waals surface area contributed by atoms with E-state index >= 15 is 0 Å². The second-order valence-corrected chi connectivity index (χ2v) is 7.93. The van der Waals surface area contributed by atoms with Crippen molar-refractivity contribution in [2.24, 2.45) is 0 Å². The van der Waals surface area contributed by atoms with Gasteiger partial charge < -0.3 is 13.9 Å². The predicted molar refractivity (Wildman–Crippen MR) is 104 cm³/mol. The number of imidazole rings is 1. The zero-order valence-electron chi connectivity index (χ0n) is 16.0. The molecule has 0 saturated carbocycles. The molecule has 1 aliphatic rings. The molecule has 5 nitrogen and oxygen atoms in total. The monoisotopic (exact) mass is 349 g/mol. The molecule has 2 aromatic heterocycles. The third-order valence-electron chi connectivity index (χ3n) is 5.53. The lowest BCUT2D eigenvalue weighted by atomic mass is 9.80. The zero-order chi connectivity index (χ0) is 18.5. The summed E-state index contributed by atoms with van der Waals surface area (Å²) in [6.45, 7) is 11.0. The highest BCUT2D eigenvalue weighted by atomic mass is 16.7. The maximum Gasteiger partial charge on any atom is 0.496 e.